The number of aromatic amines is 1. The Morgan fingerprint density at radius 2 is 1.88 bits per heavy atom. The van der Waals surface area contributed by atoms with Crippen LogP contribution in [0.15, 0.2) is 42.9 Å². The van der Waals surface area contributed by atoms with Crippen LogP contribution < -0.4 is 10.2 Å². The zero-order valence-corrected chi connectivity index (χ0v) is 23.4. The SMILES string of the molecule is Cc1cc(Nc2cc(C)nc(N3CCCCC4(CC3)CCN([C@H](C)c3ccc(-n5cc(F)cn5)nc3)C4)n2)[nH]n1. The van der Waals surface area contributed by atoms with Crippen LogP contribution in [0.1, 0.15) is 62.0 Å². The van der Waals surface area contributed by atoms with E-state index in [4.69, 9.17) is 9.97 Å². The Hall–Kier alpha value is -3.86. The van der Waals surface area contributed by atoms with Crippen molar-refractivity contribution in [2.24, 2.45) is 5.41 Å². The summed E-state index contributed by atoms with van der Waals surface area (Å²) in [4.78, 5) is 19.2. The Kier molecular flexibility index (Phi) is 7.22. The number of aryl methyl sites for hydroxylation is 2. The fourth-order valence-electron chi connectivity index (χ4n) is 6.12. The van der Waals surface area contributed by atoms with Crippen molar-refractivity contribution in [3.05, 3.63) is 65.6 Å². The topological polar surface area (TPSA) is 104 Å². The third kappa shape index (κ3) is 5.70. The molecule has 0 amide bonds. The number of anilines is 3. The summed E-state index contributed by atoms with van der Waals surface area (Å²) in [5, 5.41) is 14.6. The average molecular weight is 545 g/mol. The van der Waals surface area contributed by atoms with Gasteiger partial charge < -0.3 is 10.2 Å². The molecule has 40 heavy (non-hydrogen) atoms. The molecule has 2 saturated heterocycles. The van der Waals surface area contributed by atoms with Crippen molar-refractivity contribution in [1.82, 2.24) is 39.8 Å². The number of nitrogens with one attached hydrogen (secondary N) is 2. The molecule has 2 aliphatic rings. The van der Waals surface area contributed by atoms with Crippen LogP contribution in [-0.4, -0.2) is 66.0 Å². The van der Waals surface area contributed by atoms with Crippen LogP contribution in [0.5, 0.6) is 0 Å². The van der Waals surface area contributed by atoms with Gasteiger partial charge >= 0.3 is 0 Å². The predicted octanol–water partition coefficient (Wildman–Crippen LogP) is 5.11. The number of H-pyrrole nitrogens is 1. The maximum atomic E-state index is 13.4. The summed E-state index contributed by atoms with van der Waals surface area (Å²) in [6.07, 6.45) is 10.4. The van der Waals surface area contributed by atoms with Gasteiger partial charge in [-0.1, -0.05) is 12.5 Å². The molecule has 0 saturated carbocycles. The summed E-state index contributed by atoms with van der Waals surface area (Å²) >= 11 is 0. The first-order chi connectivity index (χ1) is 19.4. The van der Waals surface area contributed by atoms with Gasteiger partial charge in [-0.05, 0) is 70.0 Å². The van der Waals surface area contributed by atoms with Crippen molar-refractivity contribution < 1.29 is 4.39 Å². The predicted molar refractivity (Wildman–Crippen MR) is 152 cm³/mol. The maximum absolute atomic E-state index is 13.4. The second-order valence-corrected chi connectivity index (χ2v) is 11.4. The van der Waals surface area contributed by atoms with Crippen molar-refractivity contribution in [2.75, 3.05) is 36.4 Å². The summed E-state index contributed by atoms with van der Waals surface area (Å²) in [6, 6.07) is 8.20. The number of aromatic nitrogens is 7. The van der Waals surface area contributed by atoms with Crippen LogP contribution >= 0.6 is 0 Å². The molecule has 2 fully saturated rings. The van der Waals surface area contributed by atoms with E-state index in [0.717, 1.165) is 68.0 Å². The molecule has 6 heterocycles. The molecule has 4 aromatic heterocycles. The van der Waals surface area contributed by atoms with E-state index in [2.05, 4.69) is 48.4 Å². The number of nitrogens with zero attached hydrogens (tertiary/aromatic N) is 8. The summed E-state index contributed by atoms with van der Waals surface area (Å²) in [7, 11) is 0. The van der Waals surface area contributed by atoms with E-state index in [1.165, 1.54) is 41.9 Å². The Morgan fingerprint density at radius 1 is 1.00 bits per heavy atom. The van der Waals surface area contributed by atoms with E-state index >= 15 is 0 Å². The number of pyridine rings is 1. The molecule has 11 heteroatoms. The fourth-order valence-corrected chi connectivity index (χ4v) is 6.12. The molecule has 10 nitrogen and oxygen atoms in total. The highest BCUT2D eigenvalue weighted by molar-refractivity contribution is 5.54. The molecule has 4 aromatic rings. The third-order valence-corrected chi connectivity index (χ3v) is 8.45. The standard InChI is InChI=1S/C29H37FN10/c1-20-14-25(34-26-15-21(2)36-37-26)35-28(33-20)38-11-5-4-8-29(9-12-38)10-13-39(19-29)22(3)23-6-7-27(31-16-23)40-18-24(30)17-32-40/h6-7,14-18,22H,4-5,8-13,19H2,1-3H3,(H2,33,34,35,36,37)/t22-,29?/m1/s1. The van der Waals surface area contributed by atoms with Crippen LogP contribution in [-0.2, 0) is 0 Å². The molecule has 210 valence electrons. The smallest absolute Gasteiger partial charge is 0.227 e. The first kappa shape index (κ1) is 26.4. The molecule has 2 aliphatic heterocycles. The molecule has 0 radical (unpaired) electrons. The Balaban J connectivity index is 1.12. The minimum absolute atomic E-state index is 0.261. The van der Waals surface area contributed by atoms with Gasteiger partial charge in [0.25, 0.3) is 0 Å². The Bertz CT molecular complexity index is 1450. The molecular formula is C29H37FN10. The van der Waals surface area contributed by atoms with Gasteiger partial charge in [0.1, 0.15) is 11.6 Å². The van der Waals surface area contributed by atoms with Crippen molar-refractivity contribution in [2.45, 2.75) is 58.9 Å². The molecule has 1 spiro atoms. The zero-order chi connectivity index (χ0) is 27.7. The number of rotatable bonds is 6. The van der Waals surface area contributed by atoms with Gasteiger partial charge in [0.05, 0.1) is 18.1 Å². The highest BCUT2D eigenvalue weighted by Gasteiger charge is 2.40. The van der Waals surface area contributed by atoms with E-state index in [9.17, 15) is 4.39 Å². The number of likely N-dealkylation sites (tertiary alicyclic amines) is 1. The monoisotopic (exact) mass is 544 g/mol. The van der Waals surface area contributed by atoms with E-state index in [1.807, 2.05) is 38.2 Å². The first-order valence-corrected chi connectivity index (χ1v) is 14.2. The van der Waals surface area contributed by atoms with E-state index < -0.39 is 0 Å². The summed E-state index contributed by atoms with van der Waals surface area (Å²) in [5.74, 6) is 2.65. The van der Waals surface area contributed by atoms with Gasteiger partial charge in [-0.15, -0.1) is 0 Å². The summed E-state index contributed by atoms with van der Waals surface area (Å²) in [5.41, 5.74) is 3.34. The largest absolute Gasteiger partial charge is 0.341 e. The molecule has 2 atom stereocenters. The van der Waals surface area contributed by atoms with Crippen LogP contribution in [0.3, 0.4) is 0 Å². The summed E-state index contributed by atoms with van der Waals surface area (Å²) in [6.45, 7) is 10.3. The van der Waals surface area contributed by atoms with Gasteiger partial charge in [0.2, 0.25) is 5.95 Å². The van der Waals surface area contributed by atoms with Crippen molar-refractivity contribution in [3.63, 3.8) is 0 Å². The van der Waals surface area contributed by atoms with Gasteiger partial charge in [0.15, 0.2) is 11.6 Å². The first-order valence-electron chi connectivity index (χ1n) is 14.2. The molecule has 0 aromatic carbocycles. The zero-order valence-electron chi connectivity index (χ0n) is 23.4. The number of hydrogen-bond acceptors (Lipinski definition) is 8. The van der Waals surface area contributed by atoms with Crippen molar-refractivity contribution >= 4 is 17.6 Å². The molecule has 2 N–H and O–H groups in total. The van der Waals surface area contributed by atoms with Gasteiger partial charge in [-0.2, -0.15) is 15.2 Å². The Morgan fingerprint density at radius 3 is 2.62 bits per heavy atom. The molecule has 6 rings (SSSR count). The Labute approximate surface area is 234 Å². The molecule has 1 unspecified atom stereocenters. The van der Waals surface area contributed by atoms with Gasteiger partial charge in [-0.25, -0.2) is 19.0 Å². The van der Waals surface area contributed by atoms with Gasteiger partial charge in [-0.3, -0.25) is 10.00 Å². The lowest BCUT2D eigenvalue weighted by Crippen LogP contribution is -2.37. The molecule has 0 bridgehead atoms. The van der Waals surface area contributed by atoms with Crippen molar-refractivity contribution in [3.8, 4) is 5.82 Å². The highest BCUT2D eigenvalue weighted by Crippen LogP contribution is 2.43. The minimum atomic E-state index is -0.366. The summed E-state index contributed by atoms with van der Waals surface area (Å²) < 4.78 is 14.8. The second kappa shape index (κ2) is 11.0. The lowest BCUT2D eigenvalue weighted by atomic mass is 9.78. The fraction of sp³-hybridized carbons (Fsp3) is 0.483. The maximum Gasteiger partial charge on any atom is 0.227 e. The number of hydrogen-bond donors (Lipinski definition) is 2. The van der Waals surface area contributed by atoms with Crippen LogP contribution in [0.25, 0.3) is 5.82 Å². The van der Waals surface area contributed by atoms with Crippen molar-refractivity contribution in [1.29, 1.82) is 0 Å². The van der Waals surface area contributed by atoms with Crippen LogP contribution in [0.4, 0.5) is 22.0 Å². The van der Waals surface area contributed by atoms with Gasteiger partial charge in [0, 0.05) is 49.7 Å². The lowest BCUT2D eigenvalue weighted by Gasteiger charge is -2.36. The van der Waals surface area contributed by atoms with Crippen LogP contribution in [0.2, 0.25) is 0 Å². The normalized spacial score (nSPS) is 20.9. The van der Waals surface area contributed by atoms with E-state index in [0.29, 0.717) is 11.2 Å². The average Bonchev–Trinajstić information content (AvgIpc) is 3.67. The van der Waals surface area contributed by atoms with E-state index in [1.54, 1.807) is 0 Å². The molecule has 0 aliphatic carbocycles. The number of halogens is 1. The quantitative estimate of drug-likeness (QED) is 0.345. The lowest BCUT2D eigenvalue weighted by molar-refractivity contribution is 0.187. The van der Waals surface area contributed by atoms with Crippen LogP contribution in [0, 0.1) is 25.1 Å². The minimum Gasteiger partial charge on any atom is -0.341 e. The van der Waals surface area contributed by atoms with E-state index in [-0.39, 0.29) is 11.9 Å². The highest BCUT2D eigenvalue weighted by atomic mass is 19.1. The molecular weight excluding hydrogens is 507 g/mol. The third-order valence-electron chi connectivity index (χ3n) is 8.45. The second-order valence-electron chi connectivity index (χ2n) is 11.4.